The van der Waals surface area contributed by atoms with Crippen LogP contribution in [0.1, 0.15) is 18.5 Å². The van der Waals surface area contributed by atoms with E-state index in [1.807, 2.05) is 6.92 Å². The van der Waals surface area contributed by atoms with E-state index in [2.05, 4.69) is 5.32 Å². The summed E-state index contributed by atoms with van der Waals surface area (Å²) in [4.78, 5) is 0.0542. The summed E-state index contributed by atoms with van der Waals surface area (Å²) in [6.07, 6.45) is -0.784. The SMILES string of the molecule is CC(NCC(O)COc1c(Cl)cccc1Cl)c1ccc(S(N)(=O)=O)cc1. The third-order valence-corrected chi connectivity index (χ3v) is 5.23. The predicted molar refractivity (Wildman–Crippen MR) is 102 cm³/mol. The Morgan fingerprint density at radius 1 is 1.15 bits per heavy atom. The first-order valence-electron chi connectivity index (χ1n) is 7.79. The highest BCUT2D eigenvalue weighted by Gasteiger charge is 2.13. The number of aliphatic hydroxyl groups is 1. The number of hydrogen-bond acceptors (Lipinski definition) is 5. The molecule has 0 aliphatic heterocycles. The molecular weight excluding hydrogens is 399 g/mol. The van der Waals surface area contributed by atoms with Crippen LogP contribution in [0.5, 0.6) is 5.75 Å². The summed E-state index contributed by atoms with van der Waals surface area (Å²) in [7, 11) is -3.71. The molecule has 6 nitrogen and oxygen atoms in total. The highest BCUT2D eigenvalue weighted by molar-refractivity contribution is 7.89. The van der Waals surface area contributed by atoms with Crippen LogP contribution in [0.25, 0.3) is 0 Å². The second kappa shape index (κ2) is 9.03. The van der Waals surface area contributed by atoms with E-state index in [1.54, 1.807) is 30.3 Å². The molecule has 0 amide bonds. The predicted octanol–water partition coefficient (Wildman–Crippen LogP) is 2.73. The molecule has 0 bridgehead atoms. The molecule has 0 saturated carbocycles. The molecule has 26 heavy (non-hydrogen) atoms. The Kier molecular flexibility index (Phi) is 7.28. The van der Waals surface area contributed by atoms with Crippen molar-refractivity contribution in [1.82, 2.24) is 5.32 Å². The van der Waals surface area contributed by atoms with Crippen molar-refractivity contribution in [1.29, 1.82) is 0 Å². The van der Waals surface area contributed by atoms with Gasteiger partial charge in [-0.2, -0.15) is 0 Å². The zero-order chi connectivity index (χ0) is 19.3. The molecule has 9 heteroatoms. The molecule has 0 fully saturated rings. The number of aliphatic hydroxyl groups excluding tert-OH is 1. The second-order valence-electron chi connectivity index (χ2n) is 5.76. The normalized spacial score (nSPS) is 14.0. The molecule has 0 spiro atoms. The minimum Gasteiger partial charge on any atom is -0.488 e. The summed E-state index contributed by atoms with van der Waals surface area (Å²) in [6.45, 7) is 2.18. The average molecular weight is 419 g/mol. The van der Waals surface area contributed by atoms with Gasteiger partial charge in [-0.3, -0.25) is 0 Å². The Morgan fingerprint density at radius 2 is 1.73 bits per heavy atom. The molecule has 2 aromatic rings. The topological polar surface area (TPSA) is 102 Å². The number of sulfonamides is 1. The van der Waals surface area contributed by atoms with Gasteiger partial charge in [0, 0.05) is 12.6 Å². The molecule has 0 aromatic heterocycles. The minimum atomic E-state index is -3.71. The van der Waals surface area contributed by atoms with Crippen molar-refractivity contribution in [3.63, 3.8) is 0 Å². The number of hydrogen-bond donors (Lipinski definition) is 3. The monoisotopic (exact) mass is 418 g/mol. The van der Waals surface area contributed by atoms with Crippen LogP contribution >= 0.6 is 23.2 Å². The largest absolute Gasteiger partial charge is 0.488 e. The number of nitrogens with one attached hydrogen (secondary N) is 1. The van der Waals surface area contributed by atoms with Gasteiger partial charge >= 0.3 is 0 Å². The Hall–Kier alpha value is -1.35. The summed E-state index contributed by atoms with van der Waals surface area (Å²) in [5, 5.41) is 19.0. The van der Waals surface area contributed by atoms with Gasteiger partial charge < -0.3 is 15.2 Å². The fourth-order valence-corrected chi connectivity index (χ4v) is 3.26. The van der Waals surface area contributed by atoms with Crippen LogP contribution in [0.3, 0.4) is 0 Å². The quantitative estimate of drug-likeness (QED) is 0.611. The van der Waals surface area contributed by atoms with Gasteiger partial charge in [0.25, 0.3) is 0 Å². The minimum absolute atomic E-state index is 0.0214. The van der Waals surface area contributed by atoms with Crippen molar-refractivity contribution < 1.29 is 18.3 Å². The van der Waals surface area contributed by atoms with Crippen LogP contribution in [0.4, 0.5) is 0 Å². The molecule has 4 N–H and O–H groups in total. The first-order valence-corrected chi connectivity index (χ1v) is 10.1. The fraction of sp³-hybridized carbons (Fsp3) is 0.294. The van der Waals surface area contributed by atoms with Gasteiger partial charge in [-0.15, -0.1) is 0 Å². The van der Waals surface area contributed by atoms with Gasteiger partial charge in [-0.25, -0.2) is 13.6 Å². The lowest BCUT2D eigenvalue weighted by Gasteiger charge is -2.18. The van der Waals surface area contributed by atoms with Crippen molar-refractivity contribution in [2.24, 2.45) is 5.14 Å². The van der Waals surface area contributed by atoms with Crippen LogP contribution in [0, 0.1) is 0 Å². The third kappa shape index (κ3) is 5.84. The Labute approximate surface area is 162 Å². The zero-order valence-corrected chi connectivity index (χ0v) is 16.4. The average Bonchev–Trinajstić information content (AvgIpc) is 2.58. The van der Waals surface area contributed by atoms with E-state index in [-0.39, 0.29) is 24.1 Å². The smallest absolute Gasteiger partial charge is 0.238 e. The van der Waals surface area contributed by atoms with Gasteiger partial charge in [-0.05, 0) is 36.8 Å². The molecule has 0 aliphatic rings. The van der Waals surface area contributed by atoms with Crippen molar-refractivity contribution in [2.75, 3.05) is 13.2 Å². The maximum atomic E-state index is 11.3. The van der Waals surface area contributed by atoms with Crippen molar-refractivity contribution >= 4 is 33.2 Å². The van der Waals surface area contributed by atoms with E-state index in [9.17, 15) is 13.5 Å². The number of rotatable bonds is 8. The standard InChI is InChI=1S/C17H20Cl2N2O4S/c1-11(12-5-7-14(8-6-12)26(20,23)24)21-9-13(22)10-25-17-15(18)3-2-4-16(17)19/h2-8,11,13,21-22H,9-10H2,1H3,(H2,20,23,24). The molecule has 142 valence electrons. The Morgan fingerprint density at radius 3 is 2.27 bits per heavy atom. The lowest BCUT2D eigenvalue weighted by molar-refractivity contribution is 0.104. The van der Waals surface area contributed by atoms with E-state index in [4.69, 9.17) is 33.1 Å². The first kappa shape index (κ1) is 21.0. The molecule has 0 heterocycles. The van der Waals surface area contributed by atoms with Gasteiger partial charge in [-0.1, -0.05) is 41.4 Å². The highest BCUT2D eigenvalue weighted by atomic mass is 35.5. The number of nitrogens with two attached hydrogens (primary N) is 1. The number of benzene rings is 2. The summed E-state index contributed by atoms with van der Waals surface area (Å²) >= 11 is 12.0. The van der Waals surface area contributed by atoms with Crippen LogP contribution in [0.2, 0.25) is 10.0 Å². The van der Waals surface area contributed by atoms with Gasteiger partial charge in [0.1, 0.15) is 12.7 Å². The maximum absolute atomic E-state index is 11.3. The van der Waals surface area contributed by atoms with Gasteiger partial charge in [0.2, 0.25) is 10.0 Å². The lowest BCUT2D eigenvalue weighted by atomic mass is 10.1. The van der Waals surface area contributed by atoms with Crippen LogP contribution in [0.15, 0.2) is 47.4 Å². The molecule has 2 rings (SSSR count). The van der Waals surface area contributed by atoms with Gasteiger partial charge in [0.05, 0.1) is 14.9 Å². The van der Waals surface area contributed by atoms with Gasteiger partial charge in [0.15, 0.2) is 5.75 Å². The molecule has 0 radical (unpaired) electrons. The van der Waals surface area contributed by atoms with Crippen molar-refractivity contribution in [3.8, 4) is 5.75 Å². The lowest BCUT2D eigenvalue weighted by Crippen LogP contribution is -2.33. The molecule has 0 saturated heterocycles. The fourth-order valence-electron chi connectivity index (χ4n) is 2.24. The third-order valence-electron chi connectivity index (χ3n) is 3.71. The molecule has 2 aromatic carbocycles. The number of para-hydroxylation sites is 1. The van der Waals surface area contributed by atoms with E-state index in [1.165, 1.54) is 12.1 Å². The van der Waals surface area contributed by atoms with E-state index in [0.29, 0.717) is 15.8 Å². The van der Waals surface area contributed by atoms with Crippen molar-refractivity contribution in [3.05, 3.63) is 58.1 Å². The maximum Gasteiger partial charge on any atom is 0.238 e. The summed E-state index contributed by atoms with van der Waals surface area (Å²) in [6, 6.07) is 11.1. The first-order chi connectivity index (χ1) is 12.2. The Balaban J connectivity index is 1.86. The molecule has 0 aliphatic carbocycles. The second-order valence-corrected chi connectivity index (χ2v) is 8.14. The van der Waals surface area contributed by atoms with Crippen LogP contribution in [-0.4, -0.2) is 32.8 Å². The summed E-state index contributed by atoms with van der Waals surface area (Å²) in [5.41, 5.74) is 0.861. The van der Waals surface area contributed by atoms with Crippen LogP contribution in [-0.2, 0) is 10.0 Å². The van der Waals surface area contributed by atoms with E-state index >= 15 is 0 Å². The number of primary sulfonamides is 1. The summed E-state index contributed by atoms with van der Waals surface area (Å²) < 4.78 is 28.0. The summed E-state index contributed by atoms with van der Waals surface area (Å²) in [5.74, 6) is 0.335. The Bertz CT molecular complexity index is 824. The number of halogens is 2. The van der Waals surface area contributed by atoms with E-state index in [0.717, 1.165) is 5.56 Å². The van der Waals surface area contributed by atoms with Crippen molar-refractivity contribution in [2.45, 2.75) is 24.0 Å². The molecule has 2 unspecified atom stereocenters. The zero-order valence-electron chi connectivity index (χ0n) is 14.0. The number of ether oxygens (including phenoxy) is 1. The van der Waals surface area contributed by atoms with Crippen LogP contribution < -0.4 is 15.2 Å². The highest BCUT2D eigenvalue weighted by Crippen LogP contribution is 2.32. The molecular formula is C17H20Cl2N2O4S. The molecule has 2 atom stereocenters. The van der Waals surface area contributed by atoms with E-state index < -0.39 is 16.1 Å².